The maximum absolute atomic E-state index is 5.59. The summed E-state index contributed by atoms with van der Waals surface area (Å²) in [5.41, 5.74) is 0.948. The van der Waals surface area contributed by atoms with E-state index >= 15 is 0 Å². The Labute approximate surface area is 78.0 Å². The van der Waals surface area contributed by atoms with Crippen molar-refractivity contribution in [2.75, 3.05) is 0 Å². The molecule has 0 aliphatic carbocycles. The van der Waals surface area contributed by atoms with E-state index in [1.54, 1.807) is 12.5 Å². The molecule has 0 bridgehead atoms. The van der Waals surface area contributed by atoms with Crippen LogP contribution in [0.4, 0.5) is 0 Å². The van der Waals surface area contributed by atoms with Gasteiger partial charge in [0.2, 0.25) is 0 Å². The Morgan fingerprint density at radius 2 is 2.42 bits per heavy atom. The standard InChI is InChI=1S/C7H5ClN2OS/c8-3-6-9-10-7(12-6)5-1-2-11-4-5/h1-2,4H,3H2. The maximum Gasteiger partial charge on any atom is 0.151 e. The van der Waals surface area contributed by atoms with Gasteiger partial charge in [0, 0.05) is 0 Å². The molecule has 2 heterocycles. The predicted octanol–water partition coefficient (Wildman–Crippen LogP) is 2.54. The molecule has 3 nitrogen and oxygen atoms in total. The molecule has 5 heteroatoms. The first-order chi connectivity index (χ1) is 5.90. The molecule has 0 aromatic carbocycles. The summed E-state index contributed by atoms with van der Waals surface area (Å²) in [4.78, 5) is 0. The largest absolute Gasteiger partial charge is 0.472 e. The first-order valence-corrected chi connectivity index (χ1v) is 4.66. The Hall–Kier alpha value is -0.870. The molecule has 0 atom stereocenters. The molecule has 0 saturated carbocycles. The topological polar surface area (TPSA) is 38.9 Å². The monoisotopic (exact) mass is 200 g/mol. The van der Waals surface area contributed by atoms with Crippen LogP contribution in [0.5, 0.6) is 0 Å². The van der Waals surface area contributed by atoms with E-state index in [0.29, 0.717) is 5.88 Å². The van der Waals surface area contributed by atoms with E-state index in [2.05, 4.69) is 10.2 Å². The normalized spacial score (nSPS) is 10.4. The first kappa shape index (κ1) is 7.76. The van der Waals surface area contributed by atoms with Crippen molar-refractivity contribution in [1.82, 2.24) is 10.2 Å². The van der Waals surface area contributed by atoms with Gasteiger partial charge in [0.05, 0.1) is 17.7 Å². The van der Waals surface area contributed by atoms with Gasteiger partial charge in [0.15, 0.2) is 5.01 Å². The lowest BCUT2D eigenvalue weighted by Gasteiger charge is -1.81. The van der Waals surface area contributed by atoms with Crippen LogP contribution in [0.25, 0.3) is 10.6 Å². The van der Waals surface area contributed by atoms with Gasteiger partial charge in [-0.1, -0.05) is 11.3 Å². The Balaban J connectivity index is 2.35. The molecule has 2 aromatic rings. The lowest BCUT2D eigenvalue weighted by Crippen LogP contribution is -1.73. The highest BCUT2D eigenvalue weighted by Gasteiger charge is 2.05. The third-order valence-electron chi connectivity index (χ3n) is 1.35. The highest BCUT2D eigenvalue weighted by atomic mass is 35.5. The van der Waals surface area contributed by atoms with Crippen molar-refractivity contribution >= 4 is 22.9 Å². The fourth-order valence-electron chi connectivity index (χ4n) is 0.810. The van der Waals surface area contributed by atoms with Crippen LogP contribution in [0.2, 0.25) is 0 Å². The van der Waals surface area contributed by atoms with Gasteiger partial charge in [-0.2, -0.15) is 0 Å². The van der Waals surface area contributed by atoms with Gasteiger partial charge >= 0.3 is 0 Å². The predicted molar refractivity (Wildman–Crippen MR) is 47.2 cm³/mol. The molecule has 0 aliphatic heterocycles. The molecule has 12 heavy (non-hydrogen) atoms. The minimum atomic E-state index is 0.412. The van der Waals surface area contributed by atoms with E-state index in [-0.39, 0.29) is 0 Å². The molecule has 0 radical (unpaired) electrons. The van der Waals surface area contributed by atoms with Crippen LogP contribution < -0.4 is 0 Å². The molecule has 0 aliphatic rings. The summed E-state index contributed by atoms with van der Waals surface area (Å²) < 4.78 is 4.92. The van der Waals surface area contributed by atoms with Crippen molar-refractivity contribution < 1.29 is 4.42 Å². The second-order valence-electron chi connectivity index (χ2n) is 2.15. The highest BCUT2D eigenvalue weighted by molar-refractivity contribution is 7.14. The number of aromatic nitrogens is 2. The highest BCUT2D eigenvalue weighted by Crippen LogP contribution is 2.24. The summed E-state index contributed by atoms with van der Waals surface area (Å²) >= 11 is 7.06. The Bertz CT molecular complexity index is 357. The van der Waals surface area contributed by atoms with Crippen molar-refractivity contribution in [1.29, 1.82) is 0 Å². The van der Waals surface area contributed by atoms with Gasteiger partial charge in [-0.15, -0.1) is 21.8 Å². The zero-order valence-electron chi connectivity index (χ0n) is 6.03. The van der Waals surface area contributed by atoms with Crippen molar-refractivity contribution in [3.8, 4) is 10.6 Å². The molecule has 0 fully saturated rings. The van der Waals surface area contributed by atoms with Crippen LogP contribution in [0, 0.1) is 0 Å². The molecular formula is C7H5ClN2OS. The number of nitrogens with zero attached hydrogens (tertiary/aromatic N) is 2. The Morgan fingerprint density at radius 3 is 3.00 bits per heavy atom. The zero-order chi connectivity index (χ0) is 8.39. The smallest absolute Gasteiger partial charge is 0.151 e. The Kier molecular flexibility index (Phi) is 2.10. The van der Waals surface area contributed by atoms with Crippen LogP contribution in [-0.4, -0.2) is 10.2 Å². The zero-order valence-corrected chi connectivity index (χ0v) is 7.60. The lowest BCUT2D eigenvalue weighted by molar-refractivity contribution is 0.568. The van der Waals surface area contributed by atoms with E-state index in [9.17, 15) is 0 Å². The molecule has 0 spiro atoms. The van der Waals surface area contributed by atoms with Gasteiger partial charge < -0.3 is 4.42 Å². The lowest BCUT2D eigenvalue weighted by atomic mass is 10.4. The average molecular weight is 201 g/mol. The minimum Gasteiger partial charge on any atom is -0.472 e. The summed E-state index contributed by atoms with van der Waals surface area (Å²) in [6, 6.07) is 1.85. The quantitative estimate of drug-likeness (QED) is 0.700. The van der Waals surface area contributed by atoms with Gasteiger partial charge in [0.25, 0.3) is 0 Å². The summed E-state index contributed by atoms with van der Waals surface area (Å²) in [6.45, 7) is 0. The van der Waals surface area contributed by atoms with Crippen molar-refractivity contribution in [3.63, 3.8) is 0 Å². The molecule has 0 amide bonds. The number of alkyl halides is 1. The number of hydrogen-bond acceptors (Lipinski definition) is 4. The minimum absolute atomic E-state index is 0.412. The fraction of sp³-hybridized carbons (Fsp3) is 0.143. The van der Waals surface area contributed by atoms with E-state index in [1.165, 1.54) is 11.3 Å². The second kappa shape index (κ2) is 3.25. The van der Waals surface area contributed by atoms with Crippen molar-refractivity contribution in [2.45, 2.75) is 5.88 Å². The van der Waals surface area contributed by atoms with Crippen LogP contribution in [0.15, 0.2) is 23.0 Å². The maximum atomic E-state index is 5.59. The summed E-state index contributed by atoms with van der Waals surface area (Å²) in [7, 11) is 0. The number of halogens is 1. The van der Waals surface area contributed by atoms with Crippen LogP contribution >= 0.6 is 22.9 Å². The average Bonchev–Trinajstić information content (AvgIpc) is 2.75. The Morgan fingerprint density at radius 1 is 1.50 bits per heavy atom. The molecule has 62 valence electrons. The number of hydrogen-bond donors (Lipinski definition) is 0. The van der Waals surface area contributed by atoms with Crippen LogP contribution in [0.3, 0.4) is 0 Å². The number of rotatable bonds is 2. The van der Waals surface area contributed by atoms with E-state index < -0.39 is 0 Å². The van der Waals surface area contributed by atoms with Gasteiger partial charge in [-0.3, -0.25) is 0 Å². The van der Waals surface area contributed by atoms with Gasteiger partial charge in [-0.05, 0) is 6.07 Å². The summed E-state index contributed by atoms with van der Waals surface area (Å²) in [6.07, 6.45) is 3.25. The van der Waals surface area contributed by atoms with Crippen LogP contribution in [-0.2, 0) is 5.88 Å². The van der Waals surface area contributed by atoms with Gasteiger partial charge in [-0.25, -0.2) is 0 Å². The van der Waals surface area contributed by atoms with Crippen molar-refractivity contribution in [2.24, 2.45) is 0 Å². The molecular weight excluding hydrogens is 196 g/mol. The summed E-state index contributed by atoms with van der Waals surface area (Å²) in [5, 5.41) is 9.51. The third kappa shape index (κ3) is 1.35. The van der Waals surface area contributed by atoms with Crippen molar-refractivity contribution in [3.05, 3.63) is 23.6 Å². The molecule has 0 saturated heterocycles. The molecule has 2 aromatic heterocycles. The fourth-order valence-corrected chi connectivity index (χ4v) is 1.70. The molecule has 0 N–H and O–H groups in total. The van der Waals surface area contributed by atoms with Gasteiger partial charge in [0.1, 0.15) is 11.3 Å². The van der Waals surface area contributed by atoms with E-state index in [0.717, 1.165) is 15.6 Å². The first-order valence-electron chi connectivity index (χ1n) is 3.31. The van der Waals surface area contributed by atoms with E-state index in [4.69, 9.17) is 16.0 Å². The SMILES string of the molecule is ClCc1nnc(-c2ccoc2)s1. The third-order valence-corrected chi connectivity index (χ3v) is 2.73. The second-order valence-corrected chi connectivity index (χ2v) is 3.48. The number of furan rings is 1. The molecule has 0 unspecified atom stereocenters. The van der Waals surface area contributed by atoms with Crippen LogP contribution in [0.1, 0.15) is 5.01 Å². The van der Waals surface area contributed by atoms with E-state index in [1.807, 2.05) is 6.07 Å². The molecule has 2 rings (SSSR count). The summed E-state index contributed by atoms with van der Waals surface area (Å²) in [5.74, 6) is 0.412.